The number of aliphatic hydroxyl groups is 1. The first kappa shape index (κ1) is 21.5. The third-order valence-electron chi connectivity index (χ3n) is 4.47. The molecule has 0 spiro atoms. The van der Waals surface area contributed by atoms with Crippen LogP contribution in [0.4, 0.5) is 0 Å². The molecule has 4 heteroatoms. The first-order valence-electron chi connectivity index (χ1n) is 9.39. The van der Waals surface area contributed by atoms with Crippen LogP contribution < -0.4 is 9.47 Å². The fourth-order valence-corrected chi connectivity index (χ4v) is 3.08. The Morgan fingerprint density at radius 3 is 2.72 bits per heavy atom. The van der Waals surface area contributed by atoms with Gasteiger partial charge in [-0.1, -0.05) is 39.0 Å². The molecule has 4 nitrogen and oxygen atoms in total. The lowest BCUT2D eigenvalue weighted by atomic mass is 9.88. The van der Waals surface area contributed by atoms with Crippen LogP contribution in [0.1, 0.15) is 45.2 Å². The normalized spacial score (nSPS) is 17.5. The summed E-state index contributed by atoms with van der Waals surface area (Å²) in [7, 11) is 3.80. The van der Waals surface area contributed by atoms with E-state index in [-0.39, 0.29) is 0 Å². The molecule has 1 heterocycles. The van der Waals surface area contributed by atoms with E-state index in [4.69, 9.17) is 9.47 Å². The second kappa shape index (κ2) is 11.2. The molecule has 0 fully saturated rings. The van der Waals surface area contributed by atoms with Crippen LogP contribution in [0.25, 0.3) is 0 Å². The summed E-state index contributed by atoms with van der Waals surface area (Å²) < 4.78 is 11.5. The van der Waals surface area contributed by atoms with E-state index in [1.807, 2.05) is 39.0 Å². The van der Waals surface area contributed by atoms with Crippen molar-refractivity contribution in [1.82, 2.24) is 4.90 Å². The van der Waals surface area contributed by atoms with Crippen LogP contribution in [0.5, 0.6) is 11.5 Å². The van der Waals surface area contributed by atoms with Gasteiger partial charge in [-0.2, -0.15) is 0 Å². The predicted molar refractivity (Wildman–Crippen MR) is 104 cm³/mol. The molecule has 0 aromatic heterocycles. The summed E-state index contributed by atoms with van der Waals surface area (Å²) in [5.41, 5.74) is 2.52. The van der Waals surface area contributed by atoms with Crippen molar-refractivity contribution in [3.05, 3.63) is 35.4 Å². The maximum absolute atomic E-state index is 10.0. The molecule has 1 N–H and O–H groups in total. The predicted octanol–water partition coefficient (Wildman–Crippen LogP) is 4.05. The number of hydrogen-bond acceptors (Lipinski definition) is 4. The molecule has 0 saturated heterocycles. The lowest BCUT2D eigenvalue weighted by molar-refractivity contribution is 0.141. The molecule has 142 valence electrons. The number of fused-ring (bicyclic) bond motifs is 1. The van der Waals surface area contributed by atoms with Crippen molar-refractivity contribution in [3.63, 3.8) is 0 Å². The van der Waals surface area contributed by atoms with Gasteiger partial charge in [-0.05, 0) is 50.9 Å². The molecule has 0 saturated carbocycles. The van der Waals surface area contributed by atoms with Crippen LogP contribution in [0.2, 0.25) is 0 Å². The fraction of sp³-hybridized carbons (Fsp3) is 0.619. The quantitative estimate of drug-likeness (QED) is 0.754. The van der Waals surface area contributed by atoms with Gasteiger partial charge in [-0.15, -0.1) is 0 Å². The number of benzene rings is 1. The van der Waals surface area contributed by atoms with E-state index in [1.54, 1.807) is 7.11 Å². The first-order valence-corrected chi connectivity index (χ1v) is 9.39. The zero-order chi connectivity index (χ0) is 18.8. The van der Waals surface area contributed by atoms with Crippen LogP contribution in [0.3, 0.4) is 0 Å². The average molecular weight is 350 g/mol. The fourth-order valence-electron chi connectivity index (χ4n) is 3.08. The SMILES string of the molecule is C/C=C\C(O)CC1COc2c(OC)ccc(CN(C)CC)c2C1.CC. The summed E-state index contributed by atoms with van der Waals surface area (Å²) in [4.78, 5) is 2.28. The van der Waals surface area contributed by atoms with Crippen molar-refractivity contribution in [2.45, 2.75) is 53.2 Å². The van der Waals surface area contributed by atoms with E-state index < -0.39 is 6.10 Å². The molecule has 1 aromatic carbocycles. The van der Waals surface area contributed by atoms with Crippen LogP contribution >= 0.6 is 0 Å². The summed E-state index contributed by atoms with van der Waals surface area (Å²) in [5, 5.41) is 10.0. The summed E-state index contributed by atoms with van der Waals surface area (Å²) in [6.07, 6.45) is 4.99. The van der Waals surface area contributed by atoms with Gasteiger partial charge in [0.1, 0.15) is 0 Å². The molecule has 1 aromatic rings. The number of nitrogens with zero attached hydrogens (tertiary/aromatic N) is 1. The molecule has 0 aliphatic carbocycles. The van der Waals surface area contributed by atoms with E-state index in [1.165, 1.54) is 11.1 Å². The summed E-state index contributed by atoms with van der Waals surface area (Å²) in [6, 6.07) is 4.13. The van der Waals surface area contributed by atoms with Gasteiger partial charge in [0.15, 0.2) is 11.5 Å². The second-order valence-corrected chi connectivity index (χ2v) is 6.28. The molecule has 25 heavy (non-hydrogen) atoms. The zero-order valence-corrected chi connectivity index (χ0v) is 16.7. The third-order valence-corrected chi connectivity index (χ3v) is 4.47. The van der Waals surface area contributed by atoms with E-state index >= 15 is 0 Å². The van der Waals surface area contributed by atoms with Gasteiger partial charge in [0.2, 0.25) is 0 Å². The molecule has 2 rings (SSSR count). The second-order valence-electron chi connectivity index (χ2n) is 6.28. The Bertz CT molecular complexity index is 542. The lowest BCUT2D eigenvalue weighted by Gasteiger charge is -2.30. The Hall–Kier alpha value is -1.52. The maximum Gasteiger partial charge on any atom is 0.164 e. The van der Waals surface area contributed by atoms with E-state index in [0.717, 1.165) is 37.4 Å². The standard InChI is InChI=1S/C19H29NO3.C2H6/c1-5-7-16(21)10-14-11-17-15(12-20(3)6-2)8-9-18(22-4)19(17)23-13-14;1-2/h5,7-9,14,16,21H,6,10-13H2,1-4H3;1-2H3/b7-5-;. The lowest BCUT2D eigenvalue weighted by Crippen LogP contribution is -2.27. The molecular formula is C21H35NO3. The minimum absolute atomic E-state index is 0.325. The number of aliphatic hydroxyl groups excluding tert-OH is 1. The molecule has 0 radical (unpaired) electrons. The highest BCUT2D eigenvalue weighted by Crippen LogP contribution is 2.39. The van der Waals surface area contributed by atoms with Gasteiger partial charge in [-0.3, -0.25) is 0 Å². The van der Waals surface area contributed by atoms with E-state index in [2.05, 4.69) is 24.9 Å². The Balaban J connectivity index is 0.00000151. The zero-order valence-electron chi connectivity index (χ0n) is 16.7. The van der Waals surface area contributed by atoms with Gasteiger partial charge in [0.05, 0.1) is 19.8 Å². The van der Waals surface area contributed by atoms with Crippen LogP contribution in [-0.2, 0) is 13.0 Å². The molecule has 2 atom stereocenters. The van der Waals surface area contributed by atoms with Gasteiger partial charge >= 0.3 is 0 Å². The number of ether oxygens (including phenoxy) is 2. The Labute approximate surface area is 153 Å². The van der Waals surface area contributed by atoms with Crippen molar-refractivity contribution < 1.29 is 14.6 Å². The van der Waals surface area contributed by atoms with Gasteiger partial charge in [0.25, 0.3) is 0 Å². The molecule has 0 amide bonds. The van der Waals surface area contributed by atoms with E-state index in [9.17, 15) is 5.11 Å². The number of allylic oxidation sites excluding steroid dienone is 1. The van der Waals surface area contributed by atoms with Gasteiger partial charge < -0.3 is 19.5 Å². The van der Waals surface area contributed by atoms with Gasteiger partial charge in [-0.25, -0.2) is 0 Å². The molecule has 1 aliphatic heterocycles. The monoisotopic (exact) mass is 349 g/mol. The number of rotatable bonds is 7. The van der Waals surface area contributed by atoms with Crippen LogP contribution in [0.15, 0.2) is 24.3 Å². The van der Waals surface area contributed by atoms with E-state index in [0.29, 0.717) is 12.5 Å². The molecule has 2 unspecified atom stereocenters. The van der Waals surface area contributed by atoms with Crippen LogP contribution in [0, 0.1) is 5.92 Å². The highest BCUT2D eigenvalue weighted by Gasteiger charge is 2.26. The smallest absolute Gasteiger partial charge is 0.164 e. The highest BCUT2D eigenvalue weighted by molar-refractivity contribution is 5.52. The topological polar surface area (TPSA) is 41.9 Å². The summed E-state index contributed by atoms with van der Waals surface area (Å²) >= 11 is 0. The number of methoxy groups -OCH3 is 1. The Morgan fingerprint density at radius 2 is 2.12 bits per heavy atom. The van der Waals surface area contributed by atoms with Gasteiger partial charge in [0, 0.05) is 12.1 Å². The molecule has 0 bridgehead atoms. The summed E-state index contributed by atoms with van der Waals surface area (Å²) in [6.45, 7) is 10.6. The van der Waals surface area contributed by atoms with Crippen LogP contribution in [-0.4, -0.2) is 43.4 Å². The molecular weight excluding hydrogens is 314 g/mol. The van der Waals surface area contributed by atoms with Crippen molar-refractivity contribution in [2.24, 2.45) is 5.92 Å². The first-order chi connectivity index (χ1) is 12.1. The third kappa shape index (κ3) is 6.05. The highest BCUT2D eigenvalue weighted by atomic mass is 16.5. The minimum atomic E-state index is -0.400. The van der Waals surface area contributed by atoms with Crippen molar-refractivity contribution in [3.8, 4) is 11.5 Å². The Kier molecular flexibility index (Phi) is 9.61. The largest absolute Gasteiger partial charge is 0.493 e. The maximum atomic E-state index is 10.0. The minimum Gasteiger partial charge on any atom is -0.493 e. The average Bonchev–Trinajstić information content (AvgIpc) is 2.63. The summed E-state index contributed by atoms with van der Waals surface area (Å²) in [5.74, 6) is 2.01. The Morgan fingerprint density at radius 1 is 1.40 bits per heavy atom. The molecule has 1 aliphatic rings. The van der Waals surface area contributed by atoms with Crippen molar-refractivity contribution >= 4 is 0 Å². The van der Waals surface area contributed by atoms with Crippen molar-refractivity contribution in [1.29, 1.82) is 0 Å². The van der Waals surface area contributed by atoms with Crippen molar-refractivity contribution in [2.75, 3.05) is 27.3 Å². The number of hydrogen-bond donors (Lipinski definition) is 1.